The van der Waals surface area contributed by atoms with E-state index in [0.29, 0.717) is 5.92 Å². The van der Waals surface area contributed by atoms with Crippen molar-refractivity contribution < 1.29 is 4.92 Å². The Morgan fingerprint density at radius 3 is 2.69 bits per heavy atom. The molecule has 5 heteroatoms. The van der Waals surface area contributed by atoms with Crippen molar-refractivity contribution >= 4 is 17.3 Å². The zero-order valence-electron chi connectivity index (χ0n) is 8.86. The highest BCUT2D eigenvalue weighted by molar-refractivity contribution is 6.31. The molecule has 0 N–H and O–H groups in total. The average Bonchev–Trinajstić information content (AvgIpc) is 2.30. The molecule has 0 saturated heterocycles. The number of nitrogens with zero attached hydrogens (tertiary/aromatic N) is 2. The highest BCUT2D eigenvalue weighted by atomic mass is 35.5. The van der Waals surface area contributed by atoms with Crippen LogP contribution < -0.4 is 0 Å². The van der Waals surface area contributed by atoms with Crippen LogP contribution in [0, 0.1) is 10.1 Å². The summed E-state index contributed by atoms with van der Waals surface area (Å²) in [4.78, 5) is 14.2. The van der Waals surface area contributed by atoms with E-state index >= 15 is 0 Å². The van der Waals surface area contributed by atoms with Crippen LogP contribution in [-0.4, -0.2) is 9.91 Å². The zero-order valence-corrected chi connectivity index (χ0v) is 9.61. The third kappa shape index (κ3) is 2.32. The third-order valence-corrected chi connectivity index (χ3v) is 3.41. The molecule has 0 unspecified atom stereocenters. The van der Waals surface area contributed by atoms with Gasteiger partial charge in [0.2, 0.25) is 5.15 Å². The Labute approximate surface area is 98.8 Å². The minimum absolute atomic E-state index is 0.0236. The highest BCUT2D eigenvalue weighted by Gasteiger charge is 2.20. The molecule has 0 atom stereocenters. The first kappa shape index (κ1) is 11.3. The van der Waals surface area contributed by atoms with E-state index in [9.17, 15) is 10.1 Å². The van der Waals surface area contributed by atoms with Gasteiger partial charge in [-0.2, -0.15) is 0 Å². The molecular weight excluding hydrogens is 228 g/mol. The second-order valence-corrected chi connectivity index (χ2v) is 4.53. The first-order valence-electron chi connectivity index (χ1n) is 5.48. The van der Waals surface area contributed by atoms with Crippen molar-refractivity contribution in [2.45, 2.75) is 38.0 Å². The van der Waals surface area contributed by atoms with E-state index in [-0.39, 0.29) is 10.8 Å². The lowest BCUT2D eigenvalue weighted by atomic mass is 9.85. The van der Waals surface area contributed by atoms with Crippen LogP contribution in [0.5, 0.6) is 0 Å². The van der Waals surface area contributed by atoms with Gasteiger partial charge in [-0.05, 0) is 24.3 Å². The second-order valence-electron chi connectivity index (χ2n) is 4.17. The first-order chi connectivity index (χ1) is 7.68. The zero-order chi connectivity index (χ0) is 11.5. The first-order valence-corrected chi connectivity index (χ1v) is 5.86. The lowest BCUT2D eigenvalue weighted by molar-refractivity contribution is -0.385. The maximum atomic E-state index is 10.7. The standard InChI is InChI=1S/C11H13ClN2O2/c12-11-10(14(15)16)6-9(7-13-11)8-4-2-1-3-5-8/h6-8H,1-5H2. The molecule has 0 spiro atoms. The average molecular weight is 241 g/mol. The monoisotopic (exact) mass is 240 g/mol. The molecule has 1 aromatic heterocycles. The third-order valence-electron chi connectivity index (χ3n) is 3.11. The van der Waals surface area contributed by atoms with Crippen molar-refractivity contribution in [3.8, 4) is 0 Å². The van der Waals surface area contributed by atoms with Crippen molar-refractivity contribution in [1.29, 1.82) is 0 Å². The lowest BCUT2D eigenvalue weighted by Crippen LogP contribution is -2.05. The van der Waals surface area contributed by atoms with Gasteiger partial charge in [-0.3, -0.25) is 10.1 Å². The van der Waals surface area contributed by atoms with Crippen LogP contribution in [-0.2, 0) is 0 Å². The number of pyridine rings is 1. The van der Waals surface area contributed by atoms with Gasteiger partial charge in [0.1, 0.15) is 0 Å². The highest BCUT2D eigenvalue weighted by Crippen LogP contribution is 2.34. The van der Waals surface area contributed by atoms with E-state index in [0.717, 1.165) is 18.4 Å². The maximum Gasteiger partial charge on any atom is 0.306 e. The summed E-state index contributed by atoms with van der Waals surface area (Å²) < 4.78 is 0. The number of hydrogen-bond donors (Lipinski definition) is 0. The molecule has 4 nitrogen and oxygen atoms in total. The Bertz CT molecular complexity index is 403. The van der Waals surface area contributed by atoms with E-state index in [1.165, 1.54) is 19.3 Å². The Kier molecular flexibility index (Phi) is 3.39. The van der Waals surface area contributed by atoms with Crippen LogP contribution in [0.15, 0.2) is 12.3 Å². The number of nitro groups is 1. The molecule has 0 aliphatic heterocycles. The molecule has 1 saturated carbocycles. The summed E-state index contributed by atoms with van der Waals surface area (Å²) in [6.07, 6.45) is 7.52. The molecule has 0 radical (unpaired) electrons. The molecule has 2 rings (SSSR count). The fourth-order valence-corrected chi connectivity index (χ4v) is 2.41. The van der Waals surface area contributed by atoms with Gasteiger partial charge in [-0.15, -0.1) is 0 Å². The number of aromatic nitrogens is 1. The van der Waals surface area contributed by atoms with Crippen molar-refractivity contribution in [3.05, 3.63) is 33.1 Å². The molecule has 16 heavy (non-hydrogen) atoms. The quantitative estimate of drug-likeness (QED) is 0.450. The molecule has 0 aromatic carbocycles. The van der Waals surface area contributed by atoms with Crippen molar-refractivity contribution in [2.75, 3.05) is 0 Å². The molecule has 1 aliphatic carbocycles. The minimum Gasteiger partial charge on any atom is -0.258 e. The molecule has 86 valence electrons. The van der Waals surface area contributed by atoms with Crippen molar-refractivity contribution in [2.24, 2.45) is 0 Å². The van der Waals surface area contributed by atoms with Gasteiger partial charge in [0.05, 0.1) is 4.92 Å². The molecular formula is C11H13ClN2O2. The van der Waals surface area contributed by atoms with Gasteiger partial charge < -0.3 is 0 Å². The van der Waals surface area contributed by atoms with E-state index in [4.69, 9.17) is 11.6 Å². The number of halogens is 1. The van der Waals surface area contributed by atoms with Crippen LogP contribution in [0.2, 0.25) is 5.15 Å². The van der Waals surface area contributed by atoms with E-state index in [2.05, 4.69) is 4.98 Å². The van der Waals surface area contributed by atoms with Gasteiger partial charge in [0, 0.05) is 12.3 Å². The molecule has 0 bridgehead atoms. The summed E-state index contributed by atoms with van der Waals surface area (Å²) in [5, 5.41) is 10.7. The Morgan fingerprint density at radius 2 is 2.06 bits per heavy atom. The topological polar surface area (TPSA) is 56.0 Å². The van der Waals surface area contributed by atoms with Crippen molar-refractivity contribution in [3.63, 3.8) is 0 Å². The Hall–Kier alpha value is -1.16. The summed E-state index contributed by atoms with van der Waals surface area (Å²) in [5.41, 5.74) is 0.876. The predicted molar refractivity (Wildman–Crippen MR) is 61.7 cm³/mol. The molecule has 0 amide bonds. The van der Waals surface area contributed by atoms with Crippen LogP contribution in [0.25, 0.3) is 0 Å². The summed E-state index contributed by atoms with van der Waals surface area (Å²) in [6.45, 7) is 0. The van der Waals surface area contributed by atoms with Gasteiger partial charge >= 0.3 is 5.69 Å². The predicted octanol–water partition coefficient (Wildman–Crippen LogP) is 3.69. The van der Waals surface area contributed by atoms with Gasteiger partial charge in [0.25, 0.3) is 0 Å². The lowest BCUT2D eigenvalue weighted by Gasteiger charge is -2.21. The van der Waals surface area contributed by atoms with Gasteiger partial charge in [-0.25, -0.2) is 4.98 Å². The van der Waals surface area contributed by atoms with E-state index in [1.54, 1.807) is 12.3 Å². The number of rotatable bonds is 2. The van der Waals surface area contributed by atoms with Gasteiger partial charge in [0.15, 0.2) is 0 Å². The molecule has 1 fully saturated rings. The van der Waals surface area contributed by atoms with Crippen LogP contribution in [0.1, 0.15) is 43.6 Å². The fraction of sp³-hybridized carbons (Fsp3) is 0.545. The van der Waals surface area contributed by atoms with E-state index < -0.39 is 4.92 Å². The Morgan fingerprint density at radius 1 is 1.38 bits per heavy atom. The molecule has 1 aliphatic rings. The van der Waals surface area contributed by atoms with Crippen molar-refractivity contribution in [1.82, 2.24) is 4.98 Å². The van der Waals surface area contributed by atoms with Crippen LogP contribution in [0.4, 0.5) is 5.69 Å². The second kappa shape index (κ2) is 4.78. The van der Waals surface area contributed by atoms with Crippen LogP contribution >= 0.6 is 11.6 Å². The minimum atomic E-state index is -0.471. The number of hydrogen-bond acceptors (Lipinski definition) is 3. The fourth-order valence-electron chi connectivity index (χ4n) is 2.24. The molecule has 1 aromatic rings. The largest absolute Gasteiger partial charge is 0.306 e. The molecule has 1 heterocycles. The Balaban J connectivity index is 2.27. The van der Waals surface area contributed by atoms with Gasteiger partial charge in [-0.1, -0.05) is 30.9 Å². The summed E-state index contributed by atoms with van der Waals surface area (Å²) >= 11 is 5.68. The summed E-state index contributed by atoms with van der Waals surface area (Å²) in [5.74, 6) is 0.414. The normalized spacial score (nSPS) is 17.3. The SMILES string of the molecule is O=[N+]([O-])c1cc(C2CCCCC2)cnc1Cl. The summed E-state index contributed by atoms with van der Waals surface area (Å²) in [6, 6.07) is 1.57. The smallest absolute Gasteiger partial charge is 0.258 e. The summed E-state index contributed by atoms with van der Waals surface area (Å²) in [7, 11) is 0. The van der Waals surface area contributed by atoms with E-state index in [1.807, 2.05) is 0 Å². The maximum absolute atomic E-state index is 10.7. The van der Waals surface area contributed by atoms with Crippen LogP contribution in [0.3, 0.4) is 0 Å².